The minimum absolute atomic E-state index is 0.0857. The molecule has 1 aromatic heterocycles. The third kappa shape index (κ3) is 4.08. The Labute approximate surface area is 158 Å². The first kappa shape index (κ1) is 19.6. The van der Waals surface area contributed by atoms with Gasteiger partial charge in [-0.3, -0.25) is 9.78 Å². The third-order valence-corrected chi connectivity index (χ3v) is 6.95. The van der Waals surface area contributed by atoms with E-state index in [1.165, 1.54) is 22.5 Å². The van der Waals surface area contributed by atoms with Gasteiger partial charge in [-0.2, -0.15) is 4.31 Å². The molecule has 1 aliphatic rings. The summed E-state index contributed by atoms with van der Waals surface area (Å²) in [5.41, 5.74) is 0.669. The van der Waals surface area contributed by atoms with Crippen LogP contribution in [0, 0.1) is 5.92 Å². The number of hydrogen-bond acceptors (Lipinski definition) is 5. The molecule has 1 saturated heterocycles. The number of unbranched alkanes of at least 4 members (excludes halogenated alkanes) is 1. The van der Waals surface area contributed by atoms with Crippen molar-refractivity contribution in [2.75, 3.05) is 26.7 Å². The van der Waals surface area contributed by atoms with E-state index in [1.54, 1.807) is 11.9 Å². The van der Waals surface area contributed by atoms with Gasteiger partial charge in [-0.1, -0.05) is 13.3 Å². The highest BCUT2D eigenvalue weighted by molar-refractivity contribution is 7.89. The van der Waals surface area contributed by atoms with Crippen molar-refractivity contribution in [2.24, 2.45) is 5.92 Å². The van der Waals surface area contributed by atoms with Crippen LogP contribution in [-0.2, 0) is 14.8 Å². The van der Waals surface area contributed by atoms with Crippen molar-refractivity contribution in [2.45, 2.75) is 37.5 Å². The molecule has 1 aromatic carbocycles. The van der Waals surface area contributed by atoms with E-state index in [2.05, 4.69) is 11.9 Å². The van der Waals surface area contributed by atoms with Crippen LogP contribution in [0.15, 0.2) is 32.3 Å². The Hall–Kier alpha value is -2.13. The van der Waals surface area contributed by atoms with Gasteiger partial charge in [-0.25, -0.2) is 13.2 Å². The first-order chi connectivity index (χ1) is 12.8. The van der Waals surface area contributed by atoms with E-state index in [-0.39, 0.29) is 22.3 Å². The number of rotatable bonds is 6. The number of piperidine rings is 1. The summed E-state index contributed by atoms with van der Waals surface area (Å²) in [6, 6.07) is 4.34. The Kier molecular flexibility index (Phi) is 5.71. The van der Waals surface area contributed by atoms with Crippen molar-refractivity contribution in [1.29, 1.82) is 0 Å². The van der Waals surface area contributed by atoms with E-state index < -0.39 is 15.8 Å². The van der Waals surface area contributed by atoms with Crippen LogP contribution in [0.1, 0.15) is 32.6 Å². The van der Waals surface area contributed by atoms with Gasteiger partial charge in [0.05, 0.1) is 10.4 Å². The summed E-state index contributed by atoms with van der Waals surface area (Å²) in [7, 11) is -1.89. The van der Waals surface area contributed by atoms with Crippen molar-refractivity contribution in [3.8, 4) is 0 Å². The minimum Gasteiger partial charge on any atom is -0.408 e. The molecule has 148 valence electrons. The highest BCUT2D eigenvalue weighted by Gasteiger charge is 2.33. The summed E-state index contributed by atoms with van der Waals surface area (Å²) in [4.78, 5) is 28.1. The molecule has 8 nitrogen and oxygen atoms in total. The van der Waals surface area contributed by atoms with Crippen molar-refractivity contribution in [1.82, 2.24) is 14.2 Å². The topological polar surface area (TPSA) is 104 Å². The fourth-order valence-corrected chi connectivity index (χ4v) is 4.88. The third-order valence-electron chi connectivity index (χ3n) is 5.06. The van der Waals surface area contributed by atoms with E-state index in [1.807, 2.05) is 0 Å². The van der Waals surface area contributed by atoms with Crippen LogP contribution >= 0.6 is 0 Å². The number of aromatic amines is 1. The van der Waals surface area contributed by atoms with Gasteiger partial charge < -0.3 is 9.32 Å². The molecule has 0 saturated carbocycles. The van der Waals surface area contributed by atoms with E-state index in [0.717, 1.165) is 19.4 Å². The molecule has 0 spiro atoms. The molecule has 0 atom stereocenters. The van der Waals surface area contributed by atoms with E-state index in [4.69, 9.17) is 4.42 Å². The Morgan fingerprint density at radius 2 is 2.04 bits per heavy atom. The van der Waals surface area contributed by atoms with Crippen LogP contribution in [0.25, 0.3) is 11.1 Å². The Morgan fingerprint density at radius 3 is 2.70 bits per heavy atom. The fraction of sp³-hybridized carbons (Fsp3) is 0.556. The number of carbonyl (C=O) groups excluding carboxylic acids is 1. The molecular formula is C18H25N3O5S. The smallest absolute Gasteiger partial charge is 0.408 e. The first-order valence-corrected chi connectivity index (χ1v) is 10.6. The lowest BCUT2D eigenvalue weighted by Gasteiger charge is -2.32. The van der Waals surface area contributed by atoms with Crippen molar-refractivity contribution < 1.29 is 17.6 Å². The molecule has 1 amide bonds. The number of nitrogens with one attached hydrogen (secondary N) is 1. The maximum Gasteiger partial charge on any atom is 0.417 e. The zero-order valence-electron chi connectivity index (χ0n) is 15.6. The number of sulfonamides is 1. The Bertz CT molecular complexity index is 970. The summed E-state index contributed by atoms with van der Waals surface area (Å²) in [6.07, 6.45) is 3.01. The maximum absolute atomic E-state index is 12.9. The summed E-state index contributed by atoms with van der Waals surface area (Å²) >= 11 is 0. The number of fused-ring (bicyclic) bond motifs is 1. The Morgan fingerprint density at radius 1 is 1.33 bits per heavy atom. The number of benzene rings is 1. The van der Waals surface area contributed by atoms with Crippen LogP contribution < -0.4 is 5.76 Å². The van der Waals surface area contributed by atoms with Crippen LogP contribution in [0.5, 0.6) is 0 Å². The van der Waals surface area contributed by atoms with Crippen molar-refractivity contribution >= 4 is 27.0 Å². The number of amides is 1. The number of aromatic nitrogens is 1. The van der Waals surface area contributed by atoms with E-state index in [9.17, 15) is 18.0 Å². The second-order valence-electron chi connectivity index (χ2n) is 6.96. The zero-order chi connectivity index (χ0) is 19.6. The van der Waals surface area contributed by atoms with Gasteiger partial charge in [-0.05, 0) is 31.4 Å². The lowest BCUT2D eigenvalue weighted by atomic mass is 9.96. The monoisotopic (exact) mass is 395 g/mol. The average Bonchev–Trinajstić information content (AvgIpc) is 3.04. The molecule has 1 N–H and O–H groups in total. The molecular weight excluding hydrogens is 370 g/mol. The summed E-state index contributed by atoms with van der Waals surface area (Å²) in [5.74, 6) is -0.662. The van der Waals surface area contributed by atoms with Gasteiger partial charge in [0, 0.05) is 38.7 Å². The lowest BCUT2D eigenvalue weighted by Crippen LogP contribution is -2.43. The Balaban J connectivity index is 1.68. The highest BCUT2D eigenvalue weighted by atomic mass is 32.2. The fourth-order valence-electron chi connectivity index (χ4n) is 3.40. The average molecular weight is 395 g/mol. The molecule has 0 unspecified atom stereocenters. The lowest BCUT2D eigenvalue weighted by molar-refractivity contribution is -0.135. The van der Waals surface area contributed by atoms with E-state index >= 15 is 0 Å². The quantitative estimate of drug-likeness (QED) is 0.803. The maximum atomic E-state index is 12.9. The van der Waals surface area contributed by atoms with Gasteiger partial charge >= 0.3 is 5.76 Å². The molecule has 9 heteroatoms. The second-order valence-corrected chi connectivity index (χ2v) is 8.90. The van der Waals surface area contributed by atoms with Gasteiger partial charge in [0.1, 0.15) is 0 Å². The van der Waals surface area contributed by atoms with Crippen LogP contribution in [-0.4, -0.2) is 55.2 Å². The van der Waals surface area contributed by atoms with E-state index in [0.29, 0.717) is 31.4 Å². The number of H-pyrrole nitrogens is 1. The predicted molar refractivity (Wildman–Crippen MR) is 101 cm³/mol. The number of nitrogens with zero attached hydrogens (tertiary/aromatic N) is 2. The molecule has 1 aliphatic heterocycles. The van der Waals surface area contributed by atoms with Gasteiger partial charge in [0.2, 0.25) is 15.9 Å². The van der Waals surface area contributed by atoms with Crippen molar-refractivity contribution in [3.63, 3.8) is 0 Å². The highest BCUT2D eigenvalue weighted by Crippen LogP contribution is 2.26. The SMILES string of the molecule is CCCCN(C)C(=O)C1CCN(S(=O)(=O)c2ccc3[nH]c(=O)oc3c2)CC1. The summed E-state index contributed by atoms with van der Waals surface area (Å²) in [6.45, 7) is 3.42. The molecule has 2 heterocycles. The molecule has 0 bridgehead atoms. The van der Waals surface area contributed by atoms with Crippen molar-refractivity contribution in [3.05, 3.63) is 28.7 Å². The minimum atomic E-state index is -3.70. The molecule has 2 aromatic rings. The number of hydrogen-bond donors (Lipinski definition) is 1. The molecule has 27 heavy (non-hydrogen) atoms. The molecule has 0 radical (unpaired) electrons. The first-order valence-electron chi connectivity index (χ1n) is 9.21. The standard InChI is InChI=1S/C18H25N3O5S/c1-3-4-9-20(2)17(22)13-7-10-21(11-8-13)27(24,25)14-5-6-15-16(12-14)26-18(23)19-15/h5-6,12-13H,3-4,7-11H2,1-2H3,(H,19,23). The number of carbonyl (C=O) groups is 1. The zero-order valence-corrected chi connectivity index (χ0v) is 16.4. The summed E-state index contributed by atoms with van der Waals surface area (Å²) < 4.78 is 32.1. The van der Waals surface area contributed by atoms with Gasteiger partial charge in [0.25, 0.3) is 0 Å². The largest absolute Gasteiger partial charge is 0.417 e. The predicted octanol–water partition coefficient (Wildman–Crippen LogP) is 1.78. The molecule has 1 fully saturated rings. The van der Waals surface area contributed by atoms with Gasteiger partial charge in [-0.15, -0.1) is 0 Å². The second kappa shape index (κ2) is 7.85. The molecule has 3 rings (SSSR count). The normalized spacial score (nSPS) is 16.7. The van der Waals surface area contributed by atoms with Crippen LogP contribution in [0.4, 0.5) is 0 Å². The molecule has 0 aliphatic carbocycles. The van der Waals surface area contributed by atoms with Crippen LogP contribution in [0.2, 0.25) is 0 Å². The van der Waals surface area contributed by atoms with Crippen LogP contribution in [0.3, 0.4) is 0 Å². The number of oxazole rings is 1. The van der Waals surface area contributed by atoms with Gasteiger partial charge in [0.15, 0.2) is 5.58 Å². The summed E-state index contributed by atoms with van der Waals surface area (Å²) in [5, 5.41) is 0.